The molecule has 0 spiro atoms. The molecule has 0 saturated heterocycles. The van der Waals surface area contributed by atoms with Gasteiger partial charge >= 0.3 is 0 Å². The van der Waals surface area contributed by atoms with Crippen LogP contribution in [0.25, 0.3) is 0 Å². The number of benzene rings is 1. The fraction of sp³-hybridized carbons (Fsp3) is 0.444. The van der Waals surface area contributed by atoms with Crippen LogP contribution in [0.15, 0.2) is 41.7 Å². The summed E-state index contributed by atoms with van der Waals surface area (Å²) in [6, 6.07) is 8.71. The number of likely N-dealkylation sites (N-methyl/N-ethyl adjacent to an activating group) is 1. The normalized spacial score (nSPS) is 13.2. The van der Waals surface area contributed by atoms with Crippen molar-refractivity contribution in [3.63, 3.8) is 0 Å². The first-order chi connectivity index (χ1) is 11.5. The molecule has 0 amide bonds. The van der Waals surface area contributed by atoms with Gasteiger partial charge in [0.2, 0.25) is 0 Å². The Bertz CT molecular complexity index is 674. The second-order valence-electron chi connectivity index (χ2n) is 6.22. The van der Waals surface area contributed by atoms with Crippen LogP contribution in [0, 0.1) is 6.92 Å². The van der Waals surface area contributed by atoms with Crippen LogP contribution in [-0.2, 0) is 13.6 Å². The van der Waals surface area contributed by atoms with Gasteiger partial charge in [0.05, 0.1) is 12.2 Å². The quantitative estimate of drug-likeness (QED) is 0.626. The zero-order chi connectivity index (χ0) is 17.5. The lowest BCUT2D eigenvalue weighted by atomic mass is 10.1. The fourth-order valence-electron chi connectivity index (χ4n) is 2.63. The molecule has 0 saturated carbocycles. The Hall–Kier alpha value is -2.34. The standard InChI is InChI=1S/C18H28N6/c1-14-7-6-8-15(9-14)10-20-18(19-2)21-12-17(23(3)4)16-11-22-24(5)13-16/h6-9,11,13,17H,10,12H2,1-5H3,(H2,19,20,21). The van der Waals surface area contributed by atoms with Gasteiger partial charge < -0.3 is 15.5 Å². The maximum Gasteiger partial charge on any atom is 0.191 e. The molecule has 6 nitrogen and oxygen atoms in total. The smallest absolute Gasteiger partial charge is 0.191 e. The van der Waals surface area contributed by atoms with Crippen LogP contribution in [0.5, 0.6) is 0 Å². The van der Waals surface area contributed by atoms with Crippen molar-refractivity contribution in [2.45, 2.75) is 19.5 Å². The number of guanidine groups is 1. The summed E-state index contributed by atoms with van der Waals surface area (Å²) in [5, 5.41) is 11.0. The number of aromatic nitrogens is 2. The third kappa shape index (κ3) is 5.09. The van der Waals surface area contributed by atoms with Gasteiger partial charge in [-0.05, 0) is 26.6 Å². The molecule has 0 radical (unpaired) electrons. The SMILES string of the molecule is CN=C(NCc1cccc(C)c1)NCC(c1cnn(C)c1)N(C)C. The van der Waals surface area contributed by atoms with Gasteiger partial charge in [-0.1, -0.05) is 29.8 Å². The highest BCUT2D eigenvalue weighted by molar-refractivity contribution is 5.79. The van der Waals surface area contributed by atoms with E-state index in [0.717, 1.165) is 19.0 Å². The summed E-state index contributed by atoms with van der Waals surface area (Å²) in [5.74, 6) is 0.798. The van der Waals surface area contributed by atoms with E-state index >= 15 is 0 Å². The summed E-state index contributed by atoms with van der Waals surface area (Å²) in [7, 11) is 7.87. The molecule has 1 atom stereocenters. The predicted molar refractivity (Wildman–Crippen MR) is 99.0 cm³/mol. The lowest BCUT2D eigenvalue weighted by molar-refractivity contribution is 0.298. The molecule has 1 aromatic heterocycles. The number of aryl methyl sites for hydroxylation is 2. The van der Waals surface area contributed by atoms with E-state index in [1.54, 1.807) is 7.05 Å². The van der Waals surface area contributed by atoms with Gasteiger partial charge in [0.15, 0.2) is 5.96 Å². The van der Waals surface area contributed by atoms with Gasteiger partial charge in [-0.2, -0.15) is 5.10 Å². The molecule has 1 unspecified atom stereocenters. The molecule has 0 aliphatic carbocycles. The lowest BCUT2D eigenvalue weighted by Gasteiger charge is -2.24. The van der Waals surface area contributed by atoms with Crippen molar-refractivity contribution in [1.29, 1.82) is 0 Å². The van der Waals surface area contributed by atoms with E-state index in [-0.39, 0.29) is 6.04 Å². The predicted octanol–water partition coefficient (Wildman–Crippen LogP) is 1.70. The molecule has 2 aromatic rings. The van der Waals surface area contributed by atoms with Gasteiger partial charge in [-0.3, -0.25) is 9.67 Å². The minimum atomic E-state index is 0.233. The van der Waals surface area contributed by atoms with Gasteiger partial charge in [0.1, 0.15) is 0 Å². The first kappa shape index (κ1) is 18.0. The van der Waals surface area contributed by atoms with Crippen molar-refractivity contribution < 1.29 is 0 Å². The topological polar surface area (TPSA) is 57.5 Å². The summed E-state index contributed by atoms with van der Waals surface area (Å²) < 4.78 is 1.83. The average Bonchev–Trinajstić information content (AvgIpc) is 2.96. The van der Waals surface area contributed by atoms with Crippen molar-refractivity contribution in [1.82, 2.24) is 25.3 Å². The largest absolute Gasteiger partial charge is 0.354 e. The molecule has 24 heavy (non-hydrogen) atoms. The third-order valence-electron chi connectivity index (χ3n) is 3.96. The number of aliphatic imine (C=N–C) groups is 1. The molecule has 0 bridgehead atoms. The zero-order valence-corrected chi connectivity index (χ0v) is 15.2. The van der Waals surface area contributed by atoms with E-state index in [0.29, 0.717) is 0 Å². The third-order valence-corrected chi connectivity index (χ3v) is 3.96. The first-order valence-electron chi connectivity index (χ1n) is 8.14. The maximum absolute atomic E-state index is 4.31. The number of rotatable bonds is 6. The highest BCUT2D eigenvalue weighted by Gasteiger charge is 2.16. The second-order valence-corrected chi connectivity index (χ2v) is 6.22. The molecule has 2 N–H and O–H groups in total. The summed E-state index contributed by atoms with van der Waals surface area (Å²) in [4.78, 5) is 6.49. The van der Waals surface area contributed by atoms with Crippen molar-refractivity contribution >= 4 is 5.96 Å². The number of hydrogen-bond donors (Lipinski definition) is 2. The number of hydrogen-bond acceptors (Lipinski definition) is 3. The van der Waals surface area contributed by atoms with Crippen LogP contribution >= 0.6 is 0 Å². The minimum Gasteiger partial charge on any atom is -0.354 e. The number of nitrogens with one attached hydrogen (secondary N) is 2. The van der Waals surface area contributed by atoms with Gasteiger partial charge in [-0.15, -0.1) is 0 Å². The van der Waals surface area contributed by atoms with E-state index in [4.69, 9.17) is 0 Å². The summed E-state index contributed by atoms with van der Waals surface area (Å²) in [5.41, 5.74) is 3.69. The highest BCUT2D eigenvalue weighted by Crippen LogP contribution is 2.16. The summed E-state index contributed by atoms with van der Waals surface area (Å²) in [6.45, 7) is 3.61. The van der Waals surface area contributed by atoms with Crippen LogP contribution in [-0.4, -0.2) is 48.3 Å². The summed E-state index contributed by atoms with van der Waals surface area (Å²) in [6.07, 6.45) is 3.96. The monoisotopic (exact) mass is 328 g/mol. The molecule has 1 heterocycles. The Labute approximate surface area is 144 Å². The van der Waals surface area contributed by atoms with Crippen LogP contribution in [0.3, 0.4) is 0 Å². The van der Waals surface area contributed by atoms with Gasteiger partial charge in [-0.25, -0.2) is 0 Å². The van der Waals surface area contributed by atoms with E-state index in [9.17, 15) is 0 Å². The Kier molecular flexibility index (Phi) is 6.37. The molecule has 1 aromatic carbocycles. The molecular weight excluding hydrogens is 300 g/mol. The van der Waals surface area contributed by atoms with Crippen LogP contribution < -0.4 is 10.6 Å². The van der Waals surface area contributed by atoms with Crippen molar-refractivity contribution in [2.24, 2.45) is 12.0 Å². The van der Waals surface area contributed by atoms with E-state index < -0.39 is 0 Å². The Balaban J connectivity index is 1.92. The fourth-order valence-corrected chi connectivity index (χ4v) is 2.63. The minimum absolute atomic E-state index is 0.233. The Morgan fingerprint density at radius 2 is 2.12 bits per heavy atom. The number of nitrogens with zero attached hydrogens (tertiary/aromatic N) is 4. The molecule has 0 fully saturated rings. The van der Waals surface area contributed by atoms with Crippen LogP contribution in [0.2, 0.25) is 0 Å². The van der Waals surface area contributed by atoms with E-state index in [1.165, 1.54) is 16.7 Å². The zero-order valence-electron chi connectivity index (χ0n) is 15.2. The molecule has 0 aliphatic heterocycles. The second kappa shape index (κ2) is 8.49. The highest BCUT2D eigenvalue weighted by atomic mass is 15.3. The molecule has 0 aliphatic rings. The van der Waals surface area contributed by atoms with Crippen molar-refractivity contribution in [3.05, 3.63) is 53.3 Å². The first-order valence-corrected chi connectivity index (χ1v) is 8.14. The van der Waals surface area contributed by atoms with Crippen molar-refractivity contribution in [2.75, 3.05) is 27.7 Å². The van der Waals surface area contributed by atoms with E-state index in [2.05, 4.69) is 77.1 Å². The van der Waals surface area contributed by atoms with Crippen molar-refractivity contribution in [3.8, 4) is 0 Å². The maximum atomic E-state index is 4.31. The molecular formula is C18H28N6. The van der Waals surface area contributed by atoms with Crippen LogP contribution in [0.4, 0.5) is 0 Å². The van der Waals surface area contributed by atoms with Crippen LogP contribution in [0.1, 0.15) is 22.7 Å². The van der Waals surface area contributed by atoms with E-state index in [1.807, 2.05) is 17.9 Å². The molecule has 6 heteroatoms. The van der Waals surface area contributed by atoms with Gasteiger partial charge in [0.25, 0.3) is 0 Å². The molecule has 2 rings (SSSR count). The lowest BCUT2D eigenvalue weighted by Crippen LogP contribution is -2.41. The Morgan fingerprint density at radius 3 is 2.71 bits per heavy atom. The van der Waals surface area contributed by atoms with Gasteiger partial charge in [0, 0.05) is 38.9 Å². The molecule has 130 valence electrons. The Morgan fingerprint density at radius 1 is 1.33 bits per heavy atom. The average molecular weight is 328 g/mol. The summed E-state index contributed by atoms with van der Waals surface area (Å²) >= 11 is 0.